The second-order valence-electron chi connectivity index (χ2n) is 21.9. The fraction of sp³-hybridized carbons (Fsp3) is 0.873. The Bertz CT molecular complexity index is 1390. The lowest BCUT2D eigenvalue weighted by atomic mass is 9.47. The van der Waals surface area contributed by atoms with Crippen LogP contribution in [0.3, 0.4) is 0 Å². The molecule has 4 fully saturated rings. The van der Waals surface area contributed by atoms with E-state index >= 15 is 0 Å². The van der Waals surface area contributed by atoms with E-state index in [4.69, 9.17) is 14.2 Å². The van der Waals surface area contributed by atoms with Gasteiger partial charge in [0.15, 0.2) is 6.29 Å². The highest BCUT2D eigenvalue weighted by Crippen LogP contribution is 2.67. The van der Waals surface area contributed by atoms with Crippen LogP contribution in [0.5, 0.6) is 0 Å². The molecule has 13 unspecified atom stereocenters. The maximum Gasteiger partial charge on any atom is 0.305 e. The Kier molecular flexibility index (Phi) is 21.6. The van der Waals surface area contributed by atoms with E-state index in [0.29, 0.717) is 17.8 Å². The molecule has 0 spiro atoms. The molecule has 5 rings (SSSR count). The lowest BCUT2D eigenvalue weighted by Crippen LogP contribution is -2.60. The minimum absolute atomic E-state index is 0.141. The second-order valence-corrected chi connectivity index (χ2v) is 21.9. The number of unbranched alkanes of at least 4 members (excludes halogenated alkanes) is 12. The number of aliphatic hydroxyl groups excluding tert-OH is 3. The number of hydrogen-bond donors (Lipinski definition) is 3. The topological polar surface area (TPSA) is 105 Å². The van der Waals surface area contributed by atoms with Crippen molar-refractivity contribution in [2.75, 3.05) is 6.61 Å². The Morgan fingerprint density at radius 3 is 2.15 bits per heavy atom. The molecule has 7 nitrogen and oxygen atoms in total. The summed E-state index contributed by atoms with van der Waals surface area (Å²) in [5, 5.41) is 32.5. The van der Waals surface area contributed by atoms with Crippen LogP contribution < -0.4 is 0 Å². The van der Waals surface area contributed by atoms with Gasteiger partial charge in [-0.15, -0.1) is 0 Å². The number of carbonyl (C=O) groups excluding carboxylic acids is 1. The summed E-state index contributed by atoms with van der Waals surface area (Å²) in [4.78, 5) is 12.6. The van der Waals surface area contributed by atoms with Gasteiger partial charge in [-0.3, -0.25) is 4.79 Å². The van der Waals surface area contributed by atoms with Gasteiger partial charge in [-0.1, -0.05) is 155 Å². The van der Waals surface area contributed by atoms with Crippen LogP contribution in [0.25, 0.3) is 0 Å². The molecule has 7 heteroatoms. The second kappa shape index (κ2) is 26.0. The average molecular weight is 867 g/mol. The molecule has 3 N–H and O–H groups in total. The van der Waals surface area contributed by atoms with Crippen LogP contribution in [-0.4, -0.2) is 64.7 Å². The Morgan fingerprint density at radius 2 is 1.45 bits per heavy atom. The summed E-state index contributed by atoms with van der Waals surface area (Å²) < 4.78 is 18.0. The van der Waals surface area contributed by atoms with E-state index < -0.39 is 30.7 Å². The van der Waals surface area contributed by atoms with E-state index in [1.807, 2.05) is 0 Å². The number of carbonyl (C=O) groups is 1. The standard InChI is InChI=1S/C55H94O7/c1-7-8-9-10-11-12-13-14-15-16-17-18-19-20-21-22-23-24-25-29-49(56)60-39-48-50(57)51(58)52(59)53(62-48)61-43-34-36-54(5)42(38-43)30-31-44-46-33-32-45(41(4)28-26-27-40(2)3)55(46,6)37-35-47(44)54/h11-12,14-15,30,40-41,43-48,50-53,57-59H,7-10,13,16-29,31-39H2,1-6H3/b12-11-,15-14-. The van der Waals surface area contributed by atoms with Crippen LogP contribution in [0, 0.1) is 46.3 Å². The molecule has 4 aliphatic carbocycles. The molecule has 0 radical (unpaired) electrons. The Morgan fingerprint density at radius 1 is 0.774 bits per heavy atom. The summed E-state index contributed by atoms with van der Waals surface area (Å²) in [6.45, 7) is 14.5. The molecule has 0 amide bonds. The Labute approximate surface area is 379 Å². The molecule has 0 aromatic heterocycles. The van der Waals surface area contributed by atoms with Gasteiger partial charge in [-0.25, -0.2) is 0 Å². The lowest BCUT2D eigenvalue weighted by molar-refractivity contribution is -0.313. The van der Waals surface area contributed by atoms with Crippen LogP contribution in [0.2, 0.25) is 0 Å². The molecule has 1 heterocycles. The zero-order chi connectivity index (χ0) is 44.5. The van der Waals surface area contributed by atoms with Crippen LogP contribution in [0.15, 0.2) is 36.0 Å². The van der Waals surface area contributed by atoms with Gasteiger partial charge >= 0.3 is 5.97 Å². The summed E-state index contributed by atoms with van der Waals surface area (Å²) >= 11 is 0. The number of esters is 1. The first-order valence-corrected chi connectivity index (χ1v) is 26.4. The lowest BCUT2D eigenvalue weighted by Gasteiger charge is -2.58. The van der Waals surface area contributed by atoms with Gasteiger partial charge in [0.25, 0.3) is 0 Å². The molecule has 0 aromatic rings. The zero-order valence-electron chi connectivity index (χ0n) is 40.6. The van der Waals surface area contributed by atoms with Crippen molar-refractivity contribution in [3.05, 3.63) is 36.0 Å². The minimum Gasteiger partial charge on any atom is -0.463 e. The molecular formula is C55H94O7. The molecule has 0 bridgehead atoms. The summed E-state index contributed by atoms with van der Waals surface area (Å²) in [7, 11) is 0. The van der Waals surface area contributed by atoms with Gasteiger partial charge in [0.1, 0.15) is 31.0 Å². The van der Waals surface area contributed by atoms with Crippen LogP contribution in [0.1, 0.15) is 215 Å². The fourth-order valence-corrected chi connectivity index (χ4v) is 13.2. The highest BCUT2D eigenvalue weighted by atomic mass is 16.7. The van der Waals surface area contributed by atoms with Crippen molar-refractivity contribution in [3.63, 3.8) is 0 Å². The van der Waals surface area contributed by atoms with Crippen molar-refractivity contribution in [1.29, 1.82) is 0 Å². The molecule has 1 aliphatic heterocycles. The number of hydrogen-bond acceptors (Lipinski definition) is 7. The average Bonchev–Trinajstić information content (AvgIpc) is 3.61. The van der Waals surface area contributed by atoms with Crippen molar-refractivity contribution < 1.29 is 34.3 Å². The van der Waals surface area contributed by atoms with Gasteiger partial charge < -0.3 is 29.5 Å². The van der Waals surface area contributed by atoms with E-state index in [1.54, 1.807) is 0 Å². The minimum atomic E-state index is -1.44. The largest absolute Gasteiger partial charge is 0.463 e. The molecule has 0 aromatic carbocycles. The monoisotopic (exact) mass is 867 g/mol. The third-order valence-corrected chi connectivity index (χ3v) is 17.0. The third kappa shape index (κ3) is 14.2. The number of ether oxygens (including phenoxy) is 3. The first kappa shape index (κ1) is 51.5. The maximum absolute atomic E-state index is 12.6. The van der Waals surface area contributed by atoms with Gasteiger partial charge in [-0.2, -0.15) is 0 Å². The van der Waals surface area contributed by atoms with Crippen LogP contribution in [0.4, 0.5) is 0 Å². The van der Waals surface area contributed by atoms with E-state index in [9.17, 15) is 20.1 Å². The van der Waals surface area contributed by atoms with Gasteiger partial charge in [0, 0.05) is 6.42 Å². The van der Waals surface area contributed by atoms with E-state index in [-0.39, 0.29) is 24.1 Å². The molecule has 13 atom stereocenters. The highest BCUT2D eigenvalue weighted by molar-refractivity contribution is 5.69. The highest BCUT2D eigenvalue weighted by Gasteiger charge is 2.59. The predicted molar refractivity (Wildman–Crippen MR) is 253 cm³/mol. The summed E-state index contributed by atoms with van der Waals surface area (Å²) in [5.41, 5.74) is 2.14. The molecule has 5 aliphatic rings. The summed E-state index contributed by atoms with van der Waals surface area (Å²) in [6.07, 6.45) is 37.0. The number of aliphatic hydroxyl groups is 3. The third-order valence-electron chi connectivity index (χ3n) is 17.0. The number of fused-ring (bicyclic) bond motifs is 5. The SMILES string of the molecule is CCCCC/C=C\C/C=C\CCCCCCCCCCCC(=O)OCC1OC(OC2CCC3(C)C(=CCC4C3CCC3(C)C(C(C)CCCC(C)C)CCC43)C2)C(O)C(O)C1O. The van der Waals surface area contributed by atoms with Gasteiger partial charge in [0.05, 0.1) is 6.10 Å². The van der Waals surface area contributed by atoms with Crippen molar-refractivity contribution >= 4 is 5.97 Å². The predicted octanol–water partition coefficient (Wildman–Crippen LogP) is 13.1. The fourth-order valence-electron chi connectivity index (χ4n) is 13.2. The van der Waals surface area contributed by atoms with Crippen molar-refractivity contribution in [1.82, 2.24) is 0 Å². The van der Waals surface area contributed by atoms with Crippen LogP contribution in [-0.2, 0) is 19.0 Å². The molecular weight excluding hydrogens is 773 g/mol. The molecule has 1 saturated heterocycles. The summed E-state index contributed by atoms with van der Waals surface area (Å²) in [6, 6.07) is 0. The van der Waals surface area contributed by atoms with E-state index in [1.165, 1.54) is 121 Å². The number of rotatable bonds is 27. The zero-order valence-corrected chi connectivity index (χ0v) is 40.6. The van der Waals surface area contributed by atoms with Gasteiger partial charge in [-0.05, 0) is 136 Å². The molecule has 3 saturated carbocycles. The summed E-state index contributed by atoms with van der Waals surface area (Å²) in [5.74, 6) is 4.43. The molecule has 62 heavy (non-hydrogen) atoms. The Hall–Kier alpha value is -1.51. The molecule has 356 valence electrons. The first-order chi connectivity index (χ1) is 29.9. The van der Waals surface area contributed by atoms with Crippen molar-refractivity contribution in [2.24, 2.45) is 46.3 Å². The maximum atomic E-state index is 12.6. The quantitative estimate of drug-likeness (QED) is 0.0429. The van der Waals surface area contributed by atoms with Crippen LogP contribution >= 0.6 is 0 Å². The normalized spacial score (nSPS) is 35.2. The van der Waals surface area contributed by atoms with Gasteiger partial charge in [0.2, 0.25) is 0 Å². The first-order valence-electron chi connectivity index (χ1n) is 26.4. The van der Waals surface area contributed by atoms with Crippen molar-refractivity contribution in [2.45, 2.75) is 252 Å². The van der Waals surface area contributed by atoms with Crippen molar-refractivity contribution in [3.8, 4) is 0 Å². The Balaban J connectivity index is 0.961. The van der Waals surface area contributed by atoms with E-state index in [0.717, 1.165) is 81.0 Å². The number of allylic oxidation sites excluding steroid dienone is 5. The van der Waals surface area contributed by atoms with E-state index in [2.05, 4.69) is 71.9 Å². The smallest absolute Gasteiger partial charge is 0.305 e.